The monoisotopic (exact) mass is 168 g/mol. The minimum absolute atomic E-state index is 0.0594. The van der Waals surface area contributed by atoms with Gasteiger partial charge in [-0.1, -0.05) is 0 Å². The summed E-state index contributed by atoms with van der Waals surface area (Å²) in [6, 6.07) is -0.555. The molecule has 0 aromatic heterocycles. The van der Waals surface area contributed by atoms with E-state index >= 15 is 0 Å². The molecule has 0 saturated carbocycles. The van der Waals surface area contributed by atoms with Crippen molar-refractivity contribution in [3.63, 3.8) is 0 Å². The molecule has 0 radical (unpaired) electrons. The standard InChI is InChI=1S/C8H12N2O2/c1-7(9-6-11)8(12)10-4-2-3-5-10/h7H,2-5H2,1H3. The molecular weight excluding hydrogens is 156 g/mol. The smallest absolute Gasteiger partial charge is 0.248 e. The van der Waals surface area contributed by atoms with E-state index in [-0.39, 0.29) is 5.91 Å². The molecule has 4 nitrogen and oxygen atoms in total. The van der Waals surface area contributed by atoms with Gasteiger partial charge >= 0.3 is 0 Å². The maximum Gasteiger partial charge on any atom is 0.248 e. The summed E-state index contributed by atoms with van der Waals surface area (Å²) in [6.45, 7) is 3.22. The zero-order valence-corrected chi connectivity index (χ0v) is 7.12. The van der Waals surface area contributed by atoms with Crippen molar-refractivity contribution in [3.05, 3.63) is 0 Å². The summed E-state index contributed by atoms with van der Waals surface area (Å²) in [5.41, 5.74) is 0. The number of hydrogen-bond acceptors (Lipinski definition) is 3. The average molecular weight is 168 g/mol. The number of nitrogens with zero attached hydrogens (tertiary/aromatic N) is 2. The van der Waals surface area contributed by atoms with Crippen LogP contribution in [0.4, 0.5) is 0 Å². The molecule has 1 unspecified atom stereocenters. The number of carbonyl (C=O) groups is 1. The molecule has 0 spiro atoms. The number of hydrogen-bond donors (Lipinski definition) is 0. The van der Waals surface area contributed by atoms with Crippen LogP contribution >= 0.6 is 0 Å². The fourth-order valence-electron chi connectivity index (χ4n) is 1.34. The maximum absolute atomic E-state index is 11.4. The van der Waals surface area contributed by atoms with Crippen molar-refractivity contribution in [1.82, 2.24) is 4.90 Å². The second kappa shape index (κ2) is 4.02. The first-order valence-corrected chi connectivity index (χ1v) is 4.11. The summed E-state index contributed by atoms with van der Waals surface area (Å²) in [6.07, 6.45) is 3.52. The molecule has 0 aromatic rings. The van der Waals surface area contributed by atoms with Gasteiger partial charge in [-0.25, -0.2) is 4.79 Å². The molecule has 1 rings (SSSR count). The largest absolute Gasteiger partial charge is 0.341 e. The van der Waals surface area contributed by atoms with Crippen molar-refractivity contribution in [3.8, 4) is 0 Å². The van der Waals surface area contributed by atoms with Gasteiger partial charge in [-0.3, -0.25) is 4.79 Å². The minimum Gasteiger partial charge on any atom is -0.341 e. The summed E-state index contributed by atoms with van der Waals surface area (Å²) in [5.74, 6) is -0.0594. The molecule has 1 fully saturated rings. The second-order valence-electron chi connectivity index (χ2n) is 2.93. The SMILES string of the molecule is CC(N=C=O)C(=O)N1CCCC1. The van der Waals surface area contributed by atoms with Crippen LogP contribution in [0.3, 0.4) is 0 Å². The first kappa shape index (κ1) is 8.94. The van der Waals surface area contributed by atoms with Crippen LogP contribution in [0, 0.1) is 0 Å². The molecule has 66 valence electrons. The number of rotatable bonds is 2. The highest BCUT2D eigenvalue weighted by atomic mass is 16.2. The highest BCUT2D eigenvalue weighted by Crippen LogP contribution is 2.09. The Hall–Kier alpha value is -1.15. The van der Waals surface area contributed by atoms with Crippen molar-refractivity contribution in [1.29, 1.82) is 0 Å². The summed E-state index contributed by atoms with van der Waals surface area (Å²) in [7, 11) is 0. The van der Waals surface area contributed by atoms with E-state index in [0.29, 0.717) is 0 Å². The molecule has 1 atom stereocenters. The van der Waals surface area contributed by atoms with E-state index in [1.54, 1.807) is 11.8 Å². The normalized spacial score (nSPS) is 18.6. The second-order valence-corrected chi connectivity index (χ2v) is 2.93. The maximum atomic E-state index is 11.4. The summed E-state index contributed by atoms with van der Waals surface area (Å²) < 4.78 is 0. The molecule has 1 saturated heterocycles. The highest BCUT2D eigenvalue weighted by Gasteiger charge is 2.22. The van der Waals surface area contributed by atoms with Crippen molar-refractivity contribution in [2.45, 2.75) is 25.8 Å². The molecular formula is C8H12N2O2. The van der Waals surface area contributed by atoms with Gasteiger partial charge in [0.2, 0.25) is 12.0 Å². The zero-order valence-electron chi connectivity index (χ0n) is 7.12. The number of likely N-dealkylation sites (tertiary alicyclic amines) is 1. The fraction of sp³-hybridized carbons (Fsp3) is 0.750. The molecule has 1 heterocycles. The molecule has 0 N–H and O–H groups in total. The van der Waals surface area contributed by atoms with Gasteiger partial charge in [0.05, 0.1) is 0 Å². The molecule has 12 heavy (non-hydrogen) atoms. The lowest BCUT2D eigenvalue weighted by atomic mass is 10.3. The lowest BCUT2D eigenvalue weighted by Gasteiger charge is -2.16. The van der Waals surface area contributed by atoms with Crippen molar-refractivity contribution >= 4 is 12.0 Å². The Bertz CT molecular complexity index is 215. The van der Waals surface area contributed by atoms with Crippen LogP contribution < -0.4 is 0 Å². The third kappa shape index (κ3) is 1.92. The van der Waals surface area contributed by atoms with Crippen LogP contribution in [0.2, 0.25) is 0 Å². The van der Waals surface area contributed by atoms with E-state index in [1.165, 1.54) is 6.08 Å². The number of amides is 1. The molecule has 4 heteroatoms. The number of carbonyl (C=O) groups excluding carboxylic acids is 2. The van der Waals surface area contributed by atoms with E-state index in [4.69, 9.17) is 0 Å². The lowest BCUT2D eigenvalue weighted by molar-refractivity contribution is -0.131. The van der Waals surface area contributed by atoms with E-state index in [9.17, 15) is 9.59 Å². The molecule has 1 aliphatic rings. The quantitative estimate of drug-likeness (QED) is 0.441. The Labute approximate surface area is 71.3 Å². The topological polar surface area (TPSA) is 49.7 Å². The summed E-state index contributed by atoms with van der Waals surface area (Å²) in [5, 5.41) is 0. The van der Waals surface area contributed by atoms with Gasteiger partial charge in [-0.05, 0) is 19.8 Å². The average Bonchev–Trinajstić information content (AvgIpc) is 2.55. The third-order valence-corrected chi connectivity index (χ3v) is 2.02. The Morgan fingerprint density at radius 1 is 1.50 bits per heavy atom. The first-order chi connectivity index (χ1) is 5.75. The van der Waals surface area contributed by atoms with Gasteiger partial charge in [-0.2, -0.15) is 4.99 Å². The Kier molecular flexibility index (Phi) is 3.00. The molecule has 1 aliphatic heterocycles. The molecule has 0 aliphatic carbocycles. The van der Waals surface area contributed by atoms with Crippen LogP contribution in [0.25, 0.3) is 0 Å². The van der Waals surface area contributed by atoms with Gasteiger partial charge in [0, 0.05) is 13.1 Å². The predicted molar refractivity (Wildman–Crippen MR) is 43.4 cm³/mol. The molecule has 0 bridgehead atoms. The van der Waals surface area contributed by atoms with E-state index in [2.05, 4.69) is 4.99 Å². The summed E-state index contributed by atoms with van der Waals surface area (Å²) >= 11 is 0. The Morgan fingerprint density at radius 3 is 2.58 bits per heavy atom. The van der Waals surface area contributed by atoms with Crippen LogP contribution in [-0.2, 0) is 9.59 Å². The zero-order chi connectivity index (χ0) is 8.97. The van der Waals surface area contributed by atoms with Crippen molar-refractivity contribution < 1.29 is 9.59 Å². The molecule has 1 amide bonds. The van der Waals surface area contributed by atoms with Crippen LogP contribution in [-0.4, -0.2) is 36.0 Å². The third-order valence-electron chi connectivity index (χ3n) is 2.02. The van der Waals surface area contributed by atoms with Crippen LogP contribution in [0.5, 0.6) is 0 Å². The molecule has 0 aromatic carbocycles. The van der Waals surface area contributed by atoms with Gasteiger partial charge < -0.3 is 4.90 Å². The fourth-order valence-corrected chi connectivity index (χ4v) is 1.34. The predicted octanol–water partition coefficient (Wildman–Crippen LogP) is 0.333. The minimum atomic E-state index is -0.555. The van der Waals surface area contributed by atoms with Crippen LogP contribution in [0.1, 0.15) is 19.8 Å². The van der Waals surface area contributed by atoms with Crippen molar-refractivity contribution in [2.24, 2.45) is 4.99 Å². The Morgan fingerprint density at radius 2 is 2.08 bits per heavy atom. The van der Waals surface area contributed by atoms with Gasteiger partial charge in [0.1, 0.15) is 6.04 Å². The van der Waals surface area contributed by atoms with Crippen LogP contribution in [0.15, 0.2) is 4.99 Å². The summed E-state index contributed by atoms with van der Waals surface area (Å²) in [4.78, 5) is 26.4. The van der Waals surface area contributed by atoms with Gasteiger partial charge in [0.15, 0.2) is 0 Å². The van der Waals surface area contributed by atoms with E-state index in [0.717, 1.165) is 25.9 Å². The van der Waals surface area contributed by atoms with Crippen molar-refractivity contribution in [2.75, 3.05) is 13.1 Å². The highest BCUT2D eigenvalue weighted by molar-refractivity contribution is 5.82. The van der Waals surface area contributed by atoms with Gasteiger partial charge in [-0.15, -0.1) is 0 Å². The number of aliphatic imine (C=N–C) groups is 1. The first-order valence-electron chi connectivity index (χ1n) is 4.11. The Balaban J connectivity index is 2.50. The van der Waals surface area contributed by atoms with Gasteiger partial charge in [0.25, 0.3) is 0 Å². The lowest BCUT2D eigenvalue weighted by Crippen LogP contribution is -2.34. The van der Waals surface area contributed by atoms with E-state index in [1.807, 2.05) is 0 Å². The number of isocyanates is 1. The van der Waals surface area contributed by atoms with E-state index < -0.39 is 6.04 Å².